The number of benzene rings is 1. The molecule has 0 aliphatic rings. The van der Waals surface area contributed by atoms with Crippen molar-refractivity contribution in [2.24, 2.45) is 0 Å². The van der Waals surface area contributed by atoms with Gasteiger partial charge in [-0.25, -0.2) is 4.79 Å². The quantitative estimate of drug-likeness (QED) is 0.784. The lowest BCUT2D eigenvalue weighted by molar-refractivity contribution is -0.139. The zero-order valence-corrected chi connectivity index (χ0v) is 14.9. The highest BCUT2D eigenvalue weighted by molar-refractivity contribution is 7.17. The van der Waals surface area contributed by atoms with Gasteiger partial charge in [0.05, 0.1) is 4.88 Å². The van der Waals surface area contributed by atoms with Gasteiger partial charge >= 0.3 is 5.97 Å². The first-order chi connectivity index (χ1) is 11.4. The van der Waals surface area contributed by atoms with Crippen molar-refractivity contribution >= 4 is 34.8 Å². The molecule has 1 aromatic carbocycles. The van der Waals surface area contributed by atoms with Gasteiger partial charge < -0.3 is 15.2 Å². The molecule has 1 heterocycles. The molecule has 2 aromatic rings. The fourth-order valence-electron chi connectivity index (χ4n) is 2.23. The normalized spacial score (nSPS) is 12.0. The second-order valence-electron chi connectivity index (χ2n) is 5.28. The van der Waals surface area contributed by atoms with Gasteiger partial charge in [0.2, 0.25) is 0 Å². The summed E-state index contributed by atoms with van der Waals surface area (Å²) >= 11 is 7.33. The Labute approximate surface area is 149 Å². The van der Waals surface area contributed by atoms with Gasteiger partial charge in [-0.05, 0) is 36.2 Å². The van der Waals surface area contributed by atoms with Crippen molar-refractivity contribution < 1.29 is 19.4 Å². The van der Waals surface area contributed by atoms with E-state index in [1.807, 2.05) is 25.1 Å². The highest BCUT2D eigenvalue weighted by atomic mass is 35.5. The number of hydrogen-bond donors (Lipinski definition) is 2. The van der Waals surface area contributed by atoms with Crippen LogP contribution in [0, 0.1) is 6.92 Å². The highest BCUT2D eigenvalue weighted by Gasteiger charge is 2.22. The van der Waals surface area contributed by atoms with Crippen molar-refractivity contribution in [1.29, 1.82) is 0 Å². The lowest BCUT2D eigenvalue weighted by Crippen LogP contribution is -2.41. The molecule has 1 atom stereocenters. The van der Waals surface area contributed by atoms with Crippen LogP contribution in [0.1, 0.15) is 21.7 Å². The average molecular weight is 368 g/mol. The third kappa shape index (κ3) is 4.56. The van der Waals surface area contributed by atoms with Crippen molar-refractivity contribution in [3.05, 3.63) is 45.8 Å². The van der Waals surface area contributed by atoms with E-state index < -0.39 is 17.9 Å². The number of hydrogen-bond acceptors (Lipinski definition) is 4. The Hall–Kier alpha value is -1.89. The summed E-state index contributed by atoms with van der Waals surface area (Å²) < 4.78 is 4.88. The number of carbonyl (C=O) groups is 2. The zero-order chi connectivity index (χ0) is 17.7. The second kappa shape index (κ2) is 8.28. The van der Waals surface area contributed by atoms with E-state index in [1.165, 1.54) is 18.4 Å². The molecule has 2 N–H and O–H groups in total. The van der Waals surface area contributed by atoms with Gasteiger partial charge in [0.25, 0.3) is 5.91 Å². The number of methoxy groups -OCH3 is 1. The minimum atomic E-state index is -1.08. The van der Waals surface area contributed by atoms with Crippen LogP contribution in [0.15, 0.2) is 30.3 Å². The molecular weight excluding hydrogens is 350 g/mol. The number of carbonyl (C=O) groups excluding carboxylic acids is 1. The first kappa shape index (κ1) is 18.4. The summed E-state index contributed by atoms with van der Waals surface area (Å²) in [5.41, 5.74) is 1.87. The highest BCUT2D eigenvalue weighted by Crippen LogP contribution is 2.33. The molecular formula is C17H18ClNO4S. The van der Waals surface area contributed by atoms with E-state index >= 15 is 0 Å². The van der Waals surface area contributed by atoms with Gasteiger partial charge in [-0.2, -0.15) is 0 Å². The molecule has 128 valence electrons. The van der Waals surface area contributed by atoms with Crippen molar-refractivity contribution in [2.45, 2.75) is 19.4 Å². The van der Waals surface area contributed by atoms with Gasteiger partial charge in [-0.15, -0.1) is 11.3 Å². The average Bonchev–Trinajstić information content (AvgIpc) is 2.93. The minimum Gasteiger partial charge on any atom is -0.480 e. The third-order valence-electron chi connectivity index (χ3n) is 3.44. The smallest absolute Gasteiger partial charge is 0.326 e. The Morgan fingerprint density at radius 3 is 2.75 bits per heavy atom. The Morgan fingerprint density at radius 2 is 2.12 bits per heavy atom. The van der Waals surface area contributed by atoms with E-state index in [9.17, 15) is 14.7 Å². The monoisotopic (exact) mass is 367 g/mol. The van der Waals surface area contributed by atoms with E-state index in [0.717, 1.165) is 16.0 Å². The van der Waals surface area contributed by atoms with Crippen LogP contribution in [0.2, 0.25) is 5.02 Å². The molecule has 7 heteroatoms. The van der Waals surface area contributed by atoms with Crippen molar-refractivity contribution in [1.82, 2.24) is 5.32 Å². The topological polar surface area (TPSA) is 75.6 Å². The fraction of sp³-hybridized carbons (Fsp3) is 0.294. The summed E-state index contributed by atoms with van der Waals surface area (Å²) in [7, 11) is 1.49. The molecule has 0 radical (unpaired) electrons. The van der Waals surface area contributed by atoms with Gasteiger partial charge in [0.15, 0.2) is 0 Å². The summed E-state index contributed by atoms with van der Waals surface area (Å²) in [6.07, 6.45) is 0.211. The van der Waals surface area contributed by atoms with Gasteiger partial charge in [-0.1, -0.05) is 23.7 Å². The summed E-state index contributed by atoms with van der Waals surface area (Å²) in [5.74, 6) is -1.48. The van der Waals surface area contributed by atoms with Crippen LogP contribution in [0.3, 0.4) is 0 Å². The number of carboxylic acids is 1. The molecule has 24 heavy (non-hydrogen) atoms. The number of ether oxygens (including phenoxy) is 1. The van der Waals surface area contributed by atoms with Crippen LogP contribution in [0.25, 0.3) is 10.4 Å². The molecule has 5 nitrogen and oxygen atoms in total. The number of rotatable bonds is 7. The molecule has 0 spiro atoms. The maximum Gasteiger partial charge on any atom is 0.326 e. The second-order valence-corrected chi connectivity index (χ2v) is 6.77. The predicted octanol–water partition coefficient (Wildman–Crippen LogP) is 3.60. The SMILES string of the molecule is COCCC(NC(=O)c1cc(C)c(-c2cccc(Cl)c2)s1)C(=O)O. The maximum atomic E-state index is 12.4. The van der Waals surface area contributed by atoms with E-state index in [1.54, 1.807) is 12.1 Å². The van der Waals surface area contributed by atoms with E-state index in [-0.39, 0.29) is 13.0 Å². The fourth-order valence-corrected chi connectivity index (χ4v) is 3.50. The van der Waals surface area contributed by atoms with Crippen LogP contribution < -0.4 is 5.32 Å². The molecule has 0 fully saturated rings. The van der Waals surface area contributed by atoms with Crippen LogP contribution in [0.5, 0.6) is 0 Å². The molecule has 1 unspecified atom stereocenters. The van der Waals surface area contributed by atoms with E-state index in [0.29, 0.717) is 9.90 Å². The van der Waals surface area contributed by atoms with Crippen LogP contribution in [-0.2, 0) is 9.53 Å². The third-order valence-corrected chi connectivity index (χ3v) is 4.96. The van der Waals surface area contributed by atoms with Crippen LogP contribution in [-0.4, -0.2) is 36.7 Å². The Morgan fingerprint density at radius 1 is 1.38 bits per heavy atom. The standard InChI is InChI=1S/C17H18ClNO4S/c1-10-8-14(16(20)19-13(17(21)22)6-7-23-2)24-15(10)11-4-3-5-12(18)9-11/h3-5,8-9,13H,6-7H2,1-2H3,(H,19,20)(H,21,22). The van der Waals surface area contributed by atoms with Gasteiger partial charge in [0, 0.05) is 30.0 Å². The largest absolute Gasteiger partial charge is 0.480 e. The number of aliphatic carboxylic acids is 1. The lowest BCUT2D eigenvalue weighted by Gasteiger charge is -2.13. The molecule has 0 saturated heterocycles. The van der Waals surface area contributed by atoms with E-state index in [2.05, 4.69) is 5.32 Å². The van der Waals surface area contributed by atoms with Gasteiger partial charge in [-0.3, -0.25) is 4.79 Å². The molecule has 0 aliphatic carbocycles. The Balaban J connectivity index is 2.19. The lowest BCUT2D eigenvalue weighted by atomic mass is 10.1. The Bertz CT molecular complexity index is 744. The summed E-state index contributed by atoms with van der Waals surface area (Å²) in [5, 5.41) is 12.3. The number of halogens is 1. The molecule has 0 saturated carbocycles. The van der Waals surface area contributed by atoms with Crippen LogP contribution >= 0.6 is 22.9 Å². The predicted molar refractivity (Wildman–Crippen MR) is 94.9 cm³/mol. The first-order valence-corrected chi connectivity index (χ1v) is 8.50. The van der Waals surface area contributed by atoms with Crippen molar-refractivity contribution in [3.63, 3.8) is 0 Å². The summed E-state index contributed by atoms with van der Waals surface area (Å²) in [6, 6.07) is 8.17. The van der Waals surface area contributed by atoms with Crippen LogP contribution in [0.4, 0.5) is 0 Å². The van der Waals surface area contributed by atoms with Gasteiger partial charge in [0.1, 0.15) is 6.04 Å². The number of nitrogens with one attached hydrogen (secondary N) is 1. The molecule has 1 aromatic heterocycles. The molecule has 0 bridgehead atoms. The summed E-state index contributed by atoms with van der Waals surface area (Å²) in [6.45, 7) is 2.16. The number of carboxylic acid groups (broad SMARTS) is 1. The molecule has 2 rings (SSSR count). The van der Waals surface area contributed by atoms with E-state index in [4.69, 9.17) is 16.3 Å². The molecule has 1 amide bonds. The Kier molecular flexibility index (Phi) is 6.36. The summed E-state index contributed by atoms with van der Waals surface area (Å²) in [4.78, 5) is 25.0. The maximum absolute atomic E-state index is 12.4. The van der Waals surface area contributed by atoms with Crippen molar-refractivity contribution in [3.8, 4) is 10.4 Å². The minimum absolute atomic E-state index is 0.211. The molecule has 0 aliphatic heterocycles. The number of amides is 1. The van der Waals surface area contributed by atoms with Crippen molar-refractivity contribution in [2.75, 3.05) is 13.7 Å². The zero-order valence-electron chi connectivity index (χ0n) is 13.3. The number of thiophene rings is 1. The first-order valence-electron chi connectivity index (χ1n) is 7.31. The number of aryl methyl sites for hydroxylation is 1.